The number of methoxy groups -OCH3 is 4. The molecule has 16 heteroatoms. The van der Waals surface area contributed by atoms with Gasteiger partial charge in [-0.1, -0.05) is 74.6 Å². The van der Waals surface area contributed by atoms with Crippen LogP contribution in [-0.4, -0.2) is 104 Å². The summed E-state index contributed by atoms with van der Waals surface area (Å²) in [5, 5.41) is 10.0. The maximum Gasteiger partial charge on any atom is 0.325 e. The van der Waals surface area contributed by atoms with Gasteiger partial charge < -0.3 is 34.9 Å². The van der Waals surface area contributed by atoms with Crippen LogP contribution in [0.4, 0.5) is 9.59 Å². The highest BCUT2D eigenvalue weighted by Gasteiger charge is 2.53. The lowest BCUT2D eigenvalue weighted by Crippen LogP contribution is -2.54. The Balaban J connectivity index is 0.000000209. The molecule has 14 nitrogen and oxygen atoms in total. The van der Waals surface area contributed by atoms with Crippen LogP contribution in [0.3, 0.4) is 0 Å². The van der Waals surface area contributed by atoms with E-state index in [-0.39, 0.29) is 49.4 Å². The molecule has 4 fully saturated rings. The minimum absolute atomic E-state index is 0. The normalized spacial score (nSPS) is 17.2. The van der Waals surface area contributed by atoms with Crippen molar-refractivity contribution >= 4 is 52.2 Å². The number of aryl methyl sites for hydroxylation is 4. The van der Waals surface area contributed by atoms with E-state index in [1.807, 2.05) is 12.1 Å². The van der Waals surface area contributed by atoms with E-state index in [1.165, 1.54) is 43.2 Å². The van der Waals surface area contributed by atoms with Crippen LogP contribution >= 0.6 is 28.3 Å². The van der Waals surface area contributed by atoms with Gasteiger partial charge in [0.05, 0.1) is 41.5 Å². The molecular formula is C50H64BrClN6O8. The molecule has 0 unspecified atom stereocenters. The SMILES string of the molecule is COc1cc(CN2C(=O)NC3(CCN(Cc4cc(C)cc(C)c4)CC3)C2=O)cc(OC)c1.COc1cc(CN2C(=O)NC3(CCNCC3)C2=O)cc(OC)c1.Cc1cc(C)cc(CBr)c1.Cl. The first-order valence-electron chi connectivity index (χ1n) is 22.0. The Labute approximate surface area is 403 Å². The van der Waals surface area contributed by atoms with Crippen LogP contribution in [0.25, 0.3) is 0 Å². The van der Waals surface area contributed by atoms with Crippen LogP contribution in [0.1, 0.15) is 70.2 Å². The molecule has 4 aliphatic rings. The van der Waals surface area contributed by atoms with Gasteiger partial charge in [0, 0.05) is 37.1 Å². The molecule has 0 saturated carbocycles. The van der Waals surface area contributed by atoms with Crippen molar-refractivity contribution < 1.29 is 38.1 Å². The van der Waals surface area contributed by atoms with Crippen molar-refractivity contribution in [2.24, 2.45) is 0 Å². The number of nitrogens with zero attached hydrogens (tertiary/aromatic N) is 3. The minimum Gasteiger partial charge on any atom is -0.497 e. The lowest BCUT2D eigenvalue weighted by molar-refractivity contribution is -0.133. The molecule has 4 saturated heterocycles. The van der Waals surface area contributed by atoms with Crippen LogP contribution in [0.5, 0.6) is 23.0 Å². The first kappa shape index (κ1) is 51.6. The third-order valence-electron chi connectivity index (χ3n) is 12.3. The Hall–Kier alpha value is -5.35. The molecule has 0 radical (unpaired) electrons. The third kappa shape index (κ3) is 12.5. The highest BCUT2D eigenvalue weighted by Crippen LogP contribution is 2.33. The molecule has 66 heavy (non-hydrogen) atoms. The summed E-state index contributed by atoms with van der Waals surface area (Å²) >= 11 is 3.43. The van der Waals surface area contributed by atoms with E-state index < -0.39 is 11.1 Å². The first-order chi connectivity index (χ1) is 31.1. The summed E-state index contributed by atoms with van der Waals surface area (Å²) in [6.07, 6.45) is 2.46. The van der Waals surface area contributed by atoms with Crippen molar-refractivity contribution in [2.75, 3.05) is 54.6 Å². The monoisotopic (exact) mass is 990 g/mol. The molecule has 8 rings (SSSR count). The molecule has 4 aromatic rings. The molecule has 3 N–H and O–H groups in total. The molecular weight excluding hydrogens is 928 g/mol. The summed E-state index contributed by atoms with van der Waals surface area (Å²) in [5.74, 6) is 2.22. The average Bonchev–Trinajstić information content (AvgIpc) is 3.64. The second kappa shape index (κ2) is 22.9. The van der Waals surface area contributed by atoms with Crippen LogP contribution in [0.2, 0.25) is 0 Å². The Bertz CT molecular complexity index is 2280. The zero-order chi connectivity index (χ0) is 46.9. The number of piperidine rings is 2. The van der Waals surface area contributed by atoms with Crippen molar-refractivity contribution in [1.29, 1.82) is 0 Å². The number of imide groups is 2. The highest BCUT2D eigenvalue weighted by atomic mass is 79.9. The fourth-order valence-electron chi connectivity index (χ4n) is 9.11. The molecule has 4 aliphatic heterocycles. The van der Waals surface area contributed by atoms with Crippen LogP contribution < -0.4 is 34.9 Å². The Morgan fingerprint density at radius 2 is 0.848 bits per heavy atom. The van der Waals surface area contributed by atoms with Gasteiger partial charge in [-0.25, -0.2) is 9.59 Å². The van der Waals surface area contributed by atoms with Crippen LogP contribution in [0.15, 0.2) is 72.8 Å². The van der Waals surface area contributed by atoms with Gasteiger partial charge in [0.1, 0.15) is 34.1 Å². The molecule has 0 atom stereocenters. The third-order valence-corrected chi connectivity index (χ3v) is 12.9. The Kier molecular flexibility index (Phi) is 17.9. The molecule has 0 bridgehead atoms. The number of carbonyl (C=O) groups is 4. The number of halogens is 2. The molecule has 4 aromatic carbocycles. The predicted molar refractivity (Wildman–Crippen MR) is 261 cm³/mol. The van der Waals surface area contributed by atoms with Gasteiger partial charge in [-0.2, -0.15) is 0 Å². The fraction of sp³-hybridized carbons (Fsp3) is 0.440. The second-order valence-corrected chi connectivity index (χ2v) is 18.0. The Morgan fingerprint density at radius 3 is 1.21 bits per heavy atom. The van der Waals surface area contributed by atoms with Gasteiger partial charge in [-0.15, -0.1) is 12.4 Å². The van der Waals surface area contributed by atoms with Crippen molar-refractivity contribution in [3.63, 3.8) is 0 Å². The summed E-state index contributed by atoms with van der Waals surface area (Å²) in [6.45, 7) is 12.7. The summed E-state index contributed by atoms with van der Waals surface area (Å²) in [6, 6.07) is 23.3. The number of ether oxygens (including phenoxy) is 4. The minimum atomic E-state index is -0.806. The molecule has 4 heterocycles. The summed E-state index contributed by atoms with van der Waals surface area (Å²) in [4.78, 5) is 56.0. The number of carbonyl (C=O) groups excluding carboxylic acids is 4. The topological polar surface area (TPSA) is 151 Å². The zero-order valence-electron chi connectivity index (χ0n) is 39.3. The average molecular weight is 992 g/mol. The van der Waals surface area contributed by atoms with Crippen molar-refractivity contribution in [3.05, 3.63) is 117 Å². The smallest absolute Gasteiger partial charge is 0.325 e. The van der Waals surface area contributed by atoms with E-state index in [0.717, 1.165) is 49.2 Å². The fourth-order valence-corrected chi connectivity index (χ4v) is 9.43. The lowest BCUT2D eigenvalue weighted by atomic mass is 9.87. The zero-order valence-corrected chi connectivity index (χ0v) is 41.7. The number of alkyl halides is 1. The number of hydrogen-bond donors (Lipinski definition) is 3. The van der Waals surface area contributed by atoms with Gasteiger partial charge in [-0.3, -0.25) is 24.3 Å². The van der Waals surface area contributed by atoms with Gasteiger partial charge in [0.25, 0.3) is 11.8 Å². The standard InChI is InChI=1S/C25H31N3O4.C16H21N3O4.C9H11Br.ClH/c1-17-9-18(2)11-19(10-17)15-27-7-5-25(6-8-27)23(29)28(24(30)26-25)16-20-12-21(31-3)14-22(13-20)32-4;1-22-12-7-11(8-13(9-12)23-2)10-19-14(20)16(18-15(19)21)3-5-17-6-4-16;1-7-3-8(2)5-9(4-7)6-10;/h9-14H,5-8,15-16H2,1-4H3,(H,26,30);7-9,17H,3-6,10H2,1-2H3,(H,18,21);3-5H,6H2,1-2H3;1H. The number of nitrogens with one attached hydrogen (secondary N) is 3. The van der Waals surface area contributed by atoms with Crippen LogP contribution in [0, 0.1) is 27.7 Å². The lowest BCUT2D eigenvalue weighted by Gasteiger charge is -2.37. The first-order valence-corrected chi connectivity index (χ1v) is 23.1. The number of likely N-dealkylation sites (tertiary alicyclic amines) is 1. The van der Waals surface area contributed by atoms with Gasteiger partial charge in [-0.05, 0) is 113 Å². The number of benzene rings is 4. The highest BCUT2D eigenvalue weighted by molar-refractivity contribution is 9.08. The number of rotatable bonds is 11. The maximum absolute atomic E-state index is 13.3. The molecule has 6 amide bonds. The number of hydrogen-bond acceptors (Lipinski definition) is 10. The molecule has 356 valence electrons. The van der Waals surface area contributed by atoms with Crippen LogP contribution in [-0.2, 0) is 34.6 Å². The van der Waals surface area contributed by atoms with E-state index in [2.05, 4.69) is 101 Å². The van der Waals surface area contributed by atoms with E-state index in [1.54, 1.807) is 52.7 Å². The maximum atomic E-state index is 13.3. The van der Waals surface area contributed by atoms with Gasteiger partial charge in [0.15, 0.2) is 0 Å². The molecule has 0 aromatic heterocycles. The Morgan fingerprint density at radius 1 is 0.500 bits per heavy atom. The number of urea groups is 2. The van der Waals surface area contributed by atoms with E-state index in [0.29, 0.717) is 48.7 Å². The molecule has 0 aliphatic carbocycles. The number of amides is 6. The van der Waals surface area contributed by atoms with E-state index >= 15 is 0 Å². The summed E-state index contributed by atoms with van der Waals surface area (Å²) in [7, 11) is 6.28. The van der Waals surface area contributed by atoms with Gasteiger partial charge >= 0.3 is 12.1 Å². The second-order valence-electron chi connectivity index (χ2n) is 17.4. The predicted octanol–water partition coefficient (Wildman–Crippen LogP) is 7.91. The van der Waals surface area contributed by atoms with Crippen molar-refractivity contribution in [3.8, 4) is 23.0 Å². The summed E-state index contributed by atoms with van der Waals surface area (Å²) in [5.41, 5.74) is 7.87. The van der Waals surface area contributed by atoms with Gasteiger partial charge in [0.2, 0.25) is 0 Å². The van der Waals surface area contributed by atoms with Crippen molar-refractivity contribution in [2.45, 2.75) is 89.4 Å². The quantitative estimate of drug-likeness (QED) is 0.100. The van der Waals surface area contributed by atoms with E-state index in [9.17, 15) is 19.2 Å². The summed E-state index contributed by atoms with van der Waals surface area (Å²) < 4.78 is 21.1. The molecule has 2 spiro atoms. The largest absolute Gasteiger partial charge is 0.497 e. The van der Waals surface area contributed by atoms with Crippen molar-refractivity contribution in [1.82, 2.24) is 30.7 Å². The van der Waals surface area contributed by atoms with E-state index in [4.69, 9.17) is 18.9 Å².